The molecule has 0 radical (unpaired) electrons. The van der Waals surface area contributed by atoms with Crippen LogP contribution in [0, 0.1) is 6.92 Å². The number of phenolic OH excluding ortho intramolecular Hbond substituents is 1. The summed E-state index contributed by atoms with van der Waals surface area (Å²) in [5, 5.41) is 11.6. The molecule has 0 saturated carbocycles. The third kappa shape index (κ3) is 5.22. The van der Waals surface area contributed by atoms with Gasteiger partial charge in [0.25, 0.3) is 0 Å². The number of aromatic hydroxyl groups is 1. The zero-order valence-corrected chi connectivity index (χ0v) is 23.2. The van der Waals surface area contributed by atoms with Crippen molar-refractivity contribution in [3.63, 3.8) is 0 Å². The van der Waals surface area contributed by atoms with Crippen molar-refractivity contribution in [1.29, 1.82) is 0 Å². The van der Waals surface area contributed by atoms with Crippen LogP contribution in [0.1, 0.15) is 27.0 Å². The molecular formula is C30H31ClN2O6. The Kier molecular flexibility index (Phi) is 7.59. The summed E-state index contributed by atoms with van der Waals surface area (Å²) in [5.74, 6) is 1.86. The minimum absolute atomic E-state index is 0.116. The van der Waals surface area contributed by atoms with Crippen LogP contribution in [0.25, 0.3) is 6.08 Å². The van der Waals surface area contributed by atoms with E-state index in [0.29, 0.717) is 56.8 Å². The topological polar surface area (TPSA) is 80.7 Å². The molecule has 0 bridgehead atoms. The number of carbonyl (C=O) groups excluding carboxylic acids is 1. The number of rotatable bonds is 7. The summed E-state index contributed by atoms with van der Waals surface area (Å²) in [7, 11) is 4.61. The highest BCUT2D eigenvalue weighted by atomic mass is 35.5. The Labute approximate surface area is 232 Å². The van der Waals surface area contributed by atoms with Crippen molar-refractivity contribution in [3.05, 3.63) is 75.5 Å². The SMILES string of the molecule is COc1cc(/C=C2/Oc3c(CN4CCN(c5cccc(Cl)c5)CC4)c(O)cc(C)c3C2=O)cc(OC)c1OC. The first-order chi connectivity index (χ1) is 18.8. The van der Waals surface area contributed by atoms with E-state index < -0.39 is 0 Å². The Balaban J connectivity index is 1.39. The molecular weight excluding hydrogens is 520 g/mol. The fourth-order valence-electron chi connectivity index (χ4n) is 5.13. The maximum Gasteiger partial charge on any atom is 0.232 e. The fourth-order valence-corrected chi connectivity index (χ4v) is 5.31. The first kappa shape index (κ1) is 26.7. The molecule has 39 heavy (non-hydrogen) atoms. The van der Waals surface area contributed by atoms with Gasteiger partial charge in [0, 0.05) is 43.4 Å². The van der Waals surface area contributed by atoms with E-state index in [9.17, 15) is 9.90 Å². The van der Waals surface area contributed by atoms with Crippen LogP contribution < -0.4 is 23.8 Å². The van der Waals surface area contributed by atoms with E-state index in [1.807, 2.05) is 18.2 Å². The molecule has 0 aliphatic carbocycles. The molecule has 2 aliphatic heterocycles. The lowest BCUT2D eigenvalue weighted by Crippen LogP contribution is -2.46. The molecule has 5 rings (SSSR count). The Bertz CT molecular complexity index is 1420. The smallest absolute Gasteiger partial charge is 0.232 e. The van der Waals surface area contributed by atoms with Crippen LogP contribution in [-0.4, -0.2) is 63.3 Å². The maximum atomic E-state index is 13.4. The minimum Gasteiger partial charge on any atom is -0.507 e. The van der Waals surface area contributed by atoms with Gasteiger partial charge < -0.3 is 29.0 Å². The lowest BCUT2D eigenvalue weighted by Gasteiger charge is -2.36. The standard InChI is InChI=1S/C30H31ClN2O6/c1-18-12-23(34)22(17-32-8-10-33(11-9-32)21-7-5-6-20(31)16-21)29-27(18)28(35)24(39-29)13-19-14-25(36-2)30(38-4)26(15-19)37-3/h5-7,12-16,34H,8-11,17H2,1-4H3/b24-13+. The molecule has 1 N–H and O–H groups in total. The van der Waals surface area contributed by atoms with Crippen LogP contribution in [0.2, 0.25) is 5.02 Å². The molecule has 0 amide bonds. The summed E-state index contributed by atoms with van der Waals surface area (Å²) >= 11 is 6.17. The van der Waals surface area contributed by atoms with E-state index >= 15 is 0 Å². The number of halogens is 1. The number of allylic oxidation sites excluding steroid dienone is 1. The molecule has 1 saturated heterocycles. The van der Waals surface area contributed by atoms with Gasteiger partial charge in [-0.25, -0.2) is 0 Å². The van der Waals surface area contributed by atoms with Gasteiger partial charge in [0.1, 0.15) is 11.5 Å². The summed E-state index contributed by atoms with van der Waals surface area (Å²) in [6.45, 7) is 5.48. The van der Waals surface area contributed by atoms with E-state index in [1.165, 1.54) is 21.3 Å². The number of anilines is 1. The number of fused-ring (bicyclic) bond motifs is 1. The van der Waals surface area contributed by atoms with Gasteiger partial charge in [-0.1, -0.05) is 17.7 Å². The second-order valence-electron chi connectivity index (χ2n) is 9.54. The molecule has 1 fully saturated rings. The number of carbonyl (C=O) groups is 1. The van der Waals surface area contributed by atoms with Gasteiger partial charge in [-0.3, -0.25) is 9.69 Å². The molecule has 8 nitrogen and oxygen atoms in total. The molecule has 3 aromatic rings. The van der Waals surface area contributed by atoms with E-state index in [-0.39, 0.29) is 17.3 Å². The minimum atomic E-state index is -0.233. The average molecular weight is 551 g/mol. The lowest BCUT2D eigenvalue weighted by molar-refractivity contribution is 0.101. The molecule has 0 aromatic heterocycles. The van der Waals surface area contributed by atoms with Gasteiger partial charge in [0.15, 0.2) is 17.3 Å². The van der Waals surface area contributed by atoms with Gasteiger partial charge in [-0.05, 0) is 60.5 Å². The highest BCUT2D eigenvalue weighted by Crippen LogP contribution is 2.44. The largest absolute Gasteiger partial charge is 0.507 e. The maximum absolute atomic E-state index is 13.4. The van der Waals surface area contributed by atoms with Crippen LogP contribution in [0.3, 0.4) is 0 Å². The van der Waals surface area contributed by atoms with Gasteiger partial charge in [0.05, 0.1) is 32.5 Å². The fraction of sp³-hybridized carbons (Fsp3) is 0.300. The second-order valence-corrected chi connectivity index (χ2v) is 9.97. The van der Waals surface area contributed by atoms with Gasteiger partial charge >= 0.3 is 0 Å². The molecule has 2 heterocycles. The number of benzene rings is 3. The predicted octanol–water partition coefficient (Wildman–Crippen LogP) is 5.32. The number of hydrogen-bond acceptors (Lipinski definition) is 8. The number of nitrogens with zero attached hydrogens (tertiary/aromatic N) is 2. The Morgan fingerprint density at radius 1 is 1.00 bits per heavy atom. The van der Waals surface area contributed by atoms with Crippen LogP contribution in [0.4, 0.5) is 5.69 Å². The highest BCUT2D eigenvalue weighted by Gasteiger charge is 2.34. The van der Waals surface area contributed by atoms with Crippen molar-refractivity contribution in [1.82, 2.24) is 4.90 Å². The number of piperazine rings is 1. The Morgan fingerprint density at radius 2 is 1.69 bits per heavy atom. The van der Waals surface area contributed by atoms with E-state index in [1.54, 1.807) is 31.2 Å². The van der Waals surface area contributed by atoms with Crippen LogP contribution >= 0.6 is 11.6 Å². The van der Waals surface area contributed by atoms with Crippen molar-refractivity contribution >= 4 is 29.1 Å². The van der Waals surface area contributed by atoms with Crippen LogP contribution in [0.5, 0.6) is 28.7 Å². The molecule has 9 heteroatoms. The number of phenols is 1. The van der Waals surface area contributed by atoms with E-state index in [0.717, 1.165) is 31.9 Å². The van der Waals surface area contributed by atoms with Crippen molar-refractivity contribution in [2.45, 2.75) is 13.5 Å². The number of ether oxygens (including phenoxy) is 4. The third-order valence-corrected chi connectivity index (χ3v) is 7.37. The number of ketones is 1. The Hall–Kier alpha value is -3.88. The summed E-state index contributed by atoms with van der Waals surface area (Å²) in [4.78, 5) is 18.0. The number of Topliss-reactive ketones (excluding diaryl/α,β-unsaturated/α-hetero) is 1. The monoisotopic (exact) mass is 550 g/mol. The highest BCUT2D eigenvalue weighted by molar-refractivity contribution is 6.30. The zero-order chi connectivity index (χ0) is 27.7. The van der Waals surface area contributed by atoms with Crippen molar-refractivity contribution in [3.8, 4) is 28.7 Å². The average Bonchev–Trinajstić information content (AvgIpc) is 3.26. The first-order valence-corrected chi connectivity index (χ1v) is 13.0. The molecule has 204 valence electrons. The number of aryl methyl sites for hydroxylation is 1. The van der Waals surface area contributed by atoms with Crippen molar-refractivity contribution in [2.24, 2.45) is 0 Å². The number of methoxy groups -OCH3 is 3. The third-order valence-electron chi connectivity index (χ3n) is 7.13. The predicted molar refractivity (Wildman–Crippen MR) is 151 cm³/mol. The van der Waals surface area contributed by atoms with E-state index in [2.05, 4.69) is 15.9 Å². The van der Waals surface area contributed by atoms with E-state index in [4.69, 9.17) is 30.5 Å². The second kappa shape index (κ2) is 11.1. The molecule has 2 aliphatic rings. The number of hydrogen-bond donors (Lipinski definition) is 1. The molecule has 0 atom stereocenters. The summed E-state index contributed by atoms with van der Waals surface area (Å²) in [6, 6.07) is 13.0. The summed E-state index contributed by atoms with van der Waals surface area (Å²) in [5.41, 5.74) is 3.49. The van der Waals surface area contributed by atoms with Crippen LogP contribution in [0.15, 0.2) is 48.2 Å². The quantitative estimate of drug-likeness (QED) is 0.396. The summed E-state index contributed by atoms with van der Waals surface area (Å²) < 4.78 is 22.4. The summed E-state index contributed by atoms with van der Waals surface area (Å²) in [6.07, 6.45) is 1.65. The lowest BCUT2D eigenvalue weighted by atomic mass is 9.99. The van der Waals surface area contributed by atoms with Crippen molar-refractivity contribution < 1.29 is 28.8 Å². The van der Waals surface area contributed by atoms with Crippen LogP contribution in [-0.2, 0) is 6.54 Å². The zero-order valence-electron chi connectivity index (χ0n) is 22.4. The normalized spacial score (nSPS) is 16.3. The molecule has 3 aromatic carbocycles. The Morgan fingerprint density at radius 3 is 2.31 bits per heavy atom. The van der Waals surface area contributed by atoms with Crippen molar-refractivity contribution in [2.75, 3.05) is 52.4 Å². The molecule has 0 unspecified atom stereocenters. The van der Waals surface area contributed by atoms with Gasteiger partial charge in [-0.15, -0.1) is 0 Å². The molecule has 0 spiro atoms. The van der Waals surface area contributed by atoms with Gasteiger partial charge in [-0.2, -0.15) is 0 Å². The first-order valence-electron chi connectivity index (χ1n) is 12.7. The van der Waals surface area contributed by atoms with Gasteiger partial charge in [0.2, 0.25) is 11.5 Å².